The lowest BCUT2D eigenvalue weighted by molar-refractivity contribution is 0.254. The summed E-state index contributed by atoms with van der Waals surface area (Å²) in [6.45, 7) is 9.27. The molecule has 6 heteroatoms. The number of nitrogens with zero attached hydrogens (tertiary/aromatic N) is 2. The Balaban J connectivity index is 1.60. The van der Waals surface area contributed by atoms with Gasteiger partial charge in [0.25, 0.3) is 0 Å². The molecular formula is C21H33N5O. The third kappa shape index (κ3) is 6.74. The fourth-order valence-corrected chi connectivity index (χ4v) is 3.50. The molecule has 0 radical (unpaired) electrons. The topological polar surface area (TPSA) is 72.5 Å². The summed E-state index contributed by atoms with van der Waals surface area (Å²) in [5.41, 5.74) is 1.72. The first-order valence-electron chi connectivity index (χ1n) is 10.2. The molecule has 27 heavy (non-hydrogen) atoms. The van der Waals surface area contributed by atoms with E-state index in [2.05, 4.69) is 33.0 Å². The number of fused-ring (bicyclic) bond motifs is 1. The molecule has 0 saturated carbocycles. The number of hydrogen-bond acceptors (Lipinski definition) is 6. The average molecular weight is 372 g/mol. The van der Waals surface area contributed by atoms with E-state index in [1.807, 2.05) is 12.1 Å². The SMILES string of the molecule is Oc1cccc2ccc(CN3CCCNCCCNCCNCCC3)nc12. The van der Waals surface area contributed by atoms with E-state index in [9.17, 15) is 5.11 Å². The first kappa shape index (κ1) is 20.0. The molecule has 1 aromatic carbocycles. The number of benzene rings is 1. The van der Waals surface area contributed by atoms with Gasteiger partial charge in [-0.3, -0.25) is 4.90 Å². The van der Waals surface area contributed by atoms with E-state index >= 15 is 0 Å². The Morgan fingerprint density at radius 1 is 0.815 bits per heavy atom. The van der Waals surface area contributed by atoms with Gasteiger partial charge in [-0.25, -0.2) is 4.98 Å². The zero-order valence-electron chi connectivity index (χ0n) is 16.2. The van der Waals surface area contributed by atoms with Gasteiger partial charge in [0.15, 0.2) is 0 Å². The van der Waals surface area contributed by atoms with Crippen molar-refractivity contribution in [3.8, 4) is 5.75 Å². The van der Waals surface area contributed by atoms with Gasteiger partial charge in [-0.15, -0.1) is 0 Å². The number of nitrogens with one attached hydrogen (secondary N) is 3. The van der Waals surface area contributed by atoms with Crippen LogP contribution < -0.4 is 16.0 Å². The van der Waals surface area contributed by atoms with E-state index in [1.165, 1.54) is 6.42 Å². The van der Waals surface area contributed by atoms with Crippen molar-refractivity contribution in [2.45, 2.75) is 25.8 Å². The molecule has 0 spiro atoms. The van der Waals surface area contributed by atoms with Gasteiger partial charge in [0.05, 0.1) is 5.69 Å². The quantitative estimate of drug-likeness (QED) is 0.644. The molecule has 3 rings (SSSR count). The highest BCUT2D eigenvalue weighted by atomic mass is 16.3. The normalized spacial score (nSPS) is 19.4. The zero-order valence-corrected chi connectivity index (χ0v) is 16.2. The fourth-order valence-electron chi connectivity index (χ4n) is 3.50. The molecule has 148 valence electrons. The second kappa shape index (κ2) is 11.2. The fraction of sp³-hybridized carbons (Fsp3) is 0.571. The number of pyridine rings is 1. The predicted molar refractivity (Wildman–Crippen MR) is 111 cm³/mol. The van der Waals surface area contributed by atoms with Gasteiger partial charge in [-0.05, 0) is 70.7 Å². The standard InChI is InChI=1S/C21H33N5O/c27-20-6-1-5-18-7-8-19(25-21(18)20)17-26-15-3-11-22-9-2-10-23-13-14-24-12-4-16-26/h1,5-8,22-24,27H,2-4,9-17H2. The molecule has 0 atom stereocenters. The van der Waals surface area contributed by atoms with Crippen LogP contribution in [0.25, 0.3) is 10.9 Å². The minimum absolute atomic E-state index is 0.258. The van der Waals surface area contributed by atoms with E-state index in [4.69, 9.17) is 4.98 Å². The van der Waals surface area contributed by atoms with Crippen LogP contribution in [0.5, 0.6) is 5.75 Å². The molecule has 1 aliphatic heterocycles. The summed E-state index contributed by atoms with van der Waals surface area (Å²) in [6.07, 6.45) is 3.44. The summed E-state index contributed by atoms with van der Waals surface area (Å²) >= 11 is 0. The van der Waals surface area contributed by atoms with E-state index in [0.29, 0.717) is 5.52 Å². The largest absolute Gasteiger partial charge is 0.506 e. The van der Waals surface area contributed by atoms with Crippen LogP contribution in [0, 0.1) is 0 Å². The smallest absolute Gasteiger partial charge is 0.141 e. The van der Waals surface area contributed by atoms with Crippen LogP contribution in [0.1, 0.15) is 25.0 Å². The number of para-hydroxylation sites is 1. The van der Waals surface area contributed by atoms with Crippen molar-refractivity contribution in [1.29, 1.82) is 0 Å². The number of hydrogen-bond donors (Lipinski definition) is 4. The Bertz CT molecular complexity index is 677. The van der Waals surface area contributed by atoms with Gasteiger partial charge in [-0.1, -0.05) is 18.2 Å². The Morgan fingerprint density at radius 3 is 2.22 bits per heavy atom. The molecule has 2 aromatic rings. The lowest BCUT2D eigenvalue weighted by Gasteiger charge is -2.22. The van der Waals surface area contributed by atoms with Crippen LogP contribution in [-0.2, 0) is 6.54 Å². The van der Waals surface area contributed by atoms with Gasteiger partial charge in [0.2, 0.25) is 0 Å². The Hall–Kier alpha value is -1.73. The number of phenols is 1. The molecule has 0 aliphatic carbocycles. The van der Waals surface area contributed by atoms with Crippen LogP contribution >= 0.6 is 0 Å². The highest BCUT2D eigenvalue weighted by Gasteiger charge is 2.09. The van der Waals surface area contributed by atoms with Gasteiger partial charge in [0.1, 0.15) is 11.3 Å². The lowest BCUT2D eigenvalue weighted by atomic mass is 10.2. The molecule has 6 nitrogen and oxygen atoms in total. The molecular weight excluding hydrogens is 338 g/mol. The third-order valence-corrected chi connectivity index (χ3v) is 4.98. The Kier molecular flexibility index (Phi) is 8.30. The van der Waals surface area contributed by atoms with Crippen LogP contribution in [0.2, 0.25) is 0 Å². The molecule has 0 amide bonds. The number of phenolic OH excluding ortho intramolecular Hbond substituents is 1. The highest BCUT2D eigenvalue weighted by Crippen LogP contribution is 2.22. The van der Waals surface area contributed by atoms with Gasteiger partial charge >= 0.3 is 0 Å². The molecule has 4 N–H and O–H groups in total. The van der Waals surface area contributed by atoms with E-state index in [1.54, 1.807) is 6.07 Å². The lowest BCUT2D eigenvalue weighted by Crippen LogP contribution is -2.31. The van der Waals surface area contributed by atoms with Crippen molar-refractivity contribution in [2.75, 3.05) is 52.4 Å². The molecule has 2 heterocycles. The number of aromatic nitrogens is 1. The van der Waals surface area contributed by atoms with Gasteiger partial charge in [0, 0.05) is 25.0 Å². The summed E-state index contributed by atoms with van der Waals surface area (Å²) in [4.78, 5) is 7.19. The molecule has 1 fully saturated rings. The average Bonchev–Trinajstić information content (AvgIpc) is 2.69. The van der Waals surface area contributed by atoms with Crippen LogP contribution in [0.4, 0.5) is 0 Å². The van der Waals surface area contributed by atoms with Crippen molar-refractivity contribution >= 4 is 10.9 Å². The molecule has 0 bridgehead atoms. The molecule has 1 saturated heterocycles. The summed E-state index contributed by atoms with van der Waals surface area (Å²) in [6, 6.07) is 9.69. The van der Waals surface area contributed by atoms with Crippen molar-refractivity contribution in [1.82, 2.24) is 25.8 Å². The first-order chi connectivity index (χ1) is 13.3. The summed E-state index contributed by atoms with van der Waals surface area (Å²) in [5, 5.41) is 21.6. The second-order valence-corrected chi connectivity index (χ2v) is 7.24. The predicted octanol–water partition coefficient (Wildman–Crippen LogP) is 1.70. The Morgan fingerprint density at radius 2 is 1.48 bits per heavy atom. The number of rotatable bonds is 2. The van der Waals surface area contributed by atoms with E-state index < -0.39 is 0 Å². The molecule has 0 unspecified atom stereocenters. The van der Waals surface area contributed by atoms with Crippen molar-refractivity contribution in [2.24, 2.45) is 0 Å². The maximum absolute atomic E-state index is 10.1. The van der Waals surface area contributed by atoms with Crippen LogP contribution in [0.15, 0.2) is 30.3 Å². The monoisotopic (exact) mass is 371 g/mol. The molecule has 1 aromatic heterocycles. The first-order valence-corrected chi connectivity index (χ1v) is 10.2. The third-order valence-electron chi connectivity index (χ3n) is 4.98. The van der Waals surface area contributed by atoms with Crippen molar-refractivity contribution in [3.63, 3.8) is 0 Å². The van der Waals surface area contributed by atoms with Crippen LogP contribution in [-0.4, -0.2) is 67.3 Å². The summed E-state index contributed by atoms with van der Waals surface area (Å²) in [5.74, 6) is 0.258. The van der Waals surface area contributed by atoms with Crippen LogP contribution in [0.3, 0.4) is 0 Å². The molecule has 1 aliphatic rings. The maximum atomic E-state index is 10.1. The summed E-state index contributed by atoms with van der Waals surface area (Å²) in [7, 11) is 0. The Labute approximate surface area is 162 Å². The van der Waals surface area contributed by atoms with Gasteiger partial charge in [-0.2, -0.15) is 0 Å². The minimum atomic E-state index is 0.258. The number of aromatic hydroxyl groups is 1. The van der Waals surface area contributed by atoms with Crippen molar-refractivity contribution in [3.05, 3.63) is 36.0 Å². The van der Waals surface area contributed by atoms with E-state index in [0.717, 1.165) is 82.8 Å². The van der Waals surface area contributed by atoms with Gasteiger partial charge < -0.3 is 21.1 Å². The summed E-state index contributed by atoms with van der Waals surface area (Å²) < 4.78 is 0. The second-order valence-electron chi connectivity index (χ2n) is 7.24. The van der Waals surface area contributed by atoms with E-state index in [-0.39, 0.29) is 5.75 Å². The van der Waals surface area contributed by atoms with Crippen molar-refractivity contribution < 1.29 is 5.11 Å². The maximum Gasteiger partial charge on any atom is 0.141 e. The highest BCUT2D eigenvalue weighted by molar-refractivity contribution is 5.84. The zero-order chi connectivity index (χ0) is 18.7. The minimum Gasteiger partial charge on any atom is -0.506 e.